The Labute approximate surface area is 70.6 Å². The highest BCUT2D eigenvalue weighted by Gasteiger charge is 1.91. The quantitative estimate of drug-likeness (QED) is 0.660. The lowest BCUT2D eigenvalue weighted by Crippen LogP contribution is -2.09. The van der Waals surface area contributed by atoms with Crippen LogP contribution in [0.25, 0.3) is 0 Å². The average Bonchev–Trinajstić information content (AvgIpc) is 2.15. The average molecular weight is 159 g/mol. The van der Waals surface area contributed by atoms with Gasteiger partial charge in [-0.1, -0.05) is 12.1 Å². The molecule has 3 heteroatoms. The van der Waals surface area contributed by atoms with Crippen LogP contribution in [-0.4, -0.2) is 6.41 Å². The second kappa shape index (κ2) is 4.14. The third-order valence-electron chi connectivity index (χ3n) is 1.45. The van der Waals surface area contributed by atoms with Crippen LogP contribution in [0.1, 0.15) is 11.1 Å². The van der Waals surface area contributed by atoms with E-state index in [9.17, 15) is 4.79 Å². The van der Waals surface area contributed by atoms with E-state index in [-0.39, 0.29) is 0 Å². The molecule has 1 radical (unpaired) electrons. The van der Waals surface area contributed by atoms with Crippen LogP contribution in [0.3, 0.4) is 0 Å². The van der Waals surface area contributed by atoms with Gasteiger partial charge < -0.3 is 5.32 Å². The Balaban J connectivity index is 2.66. The molecule has 12 heavy (non-hydrogen) atoms. The minimum absolute atomic E-state index is 0.454. The maximum atomic E-state index is 9.81. The number of nitriles is 1. The van der Waals surface area contributed by atoms with Gasteiger partial charge in [-0.3, -0.25) is 4.79 Å². The van der Waals surface area contributed by atoms with Crippen LogP contribution in [0.5, 0.6) is 0 Å². The number of rotatable bonds is 3. The highest BCUT2D eigenvalue weighted by Crippen LogP contribution is 2.01. The van der Waals surface area contributed by atoms with Gasteiger partial charge in [0.2, 0.25) is 0 Å². The molecule has 1 amide bonds. The van der Waals surface area contributed by atoms with Gasteiger partial charge in [0.1, 0.15) is 0 Å². The number of nitrogens with zero attached hydrogens (tertiary/aromatic N) is 1. The zero-order valence-electron chi connectivity index (χ0n) is 6.37. The molecular formula is C9H7N2O. The standard InChI is InChI=1S/C9H7N2O/c10-5-8-1-3-9(4-2-8)6-11-7-12/h1-4H,6H2,(H,11,12). The van der Waals surface area contributed by atoms with Crippen LogP contribution in [0.15, 0.2) is 24.3 Å². The number of nitrogens with one attached hydrogen (secondary N) is 1. The Kier molecular flexibility index (Phi) is 2.86. The summed E-state index contributed by atoms with van der Waals surface area (Å²) < 4.78 is 0. The van der Waals surface area contributed by atoms with Crippen molar-refractivity contribution in [2.75, 3.05) is 0 Å². The lowest BCUT2D eigenvalue weighted by atomic mass is 10.1. The van der Waals surface area contributed by atoms with Gasteiger partial charge in [0, 0.05) is 6.54 Å². The Morgan fingerprint density at radius 3 is 2.50 bits per heavy atom. The van der Waals surface area contributed by atoms with E-state index in [1.165, 1.54) is 0 Å². The molecule has 1 aromatic rings. The molecule has 0 aliphatic carbocycles. The predicted octanol–water partition coefficient (Wildman–Crippen LogP) is 0.715. The van der Waals surface area contributed by atoms with Crippen molar-refractivity contribution in [3.63, 3.8) is 0 Å². The van der Waals surface area contributed by atoms with E-state index in [4.69, 9.17) is 5.26 Å². The minimum atomic E-state index is 0.454. The van der Waals surface area contributed by atoms with E-state index in [1.54, 1.807) is 30.7 Å². The van der Waals surface area contributed by atoms with Crippen LogP contribution in [0.4, 0.5) is 0 Å². The van der Waals surface area contributed by atoms with Crippen LogP contribution in [0, 0.1) is 11.3 Å². The van der Waals surface area contributed by atoms with Crippen LogP contribution >= 0.6 is 0 Å². The van der Waals surface area contributed by atoms with Crippen molar-refractivity contribution in [2.24, 2.45) is 0 Å². The van der Waals surface area contributed by atoms with Crippen molar-refractivity contribution in [3.8, 4) is 6.07 Å². The number of hydrogen-bond donors (Lipinski definition) is 1. The molecule has 0 aliphatic heterocycles. The lowest BCUT2D eigenvalue weighted by molar-refractivity contribution is 0.542. The second-order valence-corrected chi connectivity index (χ2v) is 2.26. The van der Waals surface area contributed by atoms with Gasteiger partial charge in [-0.05, 0) is 17.7 Å². The number of carbonyl (C=O) groups excluding carboxylic acids is 1. The third kappa shape index (κ3) is 2.10. The molecular weight excluding hydrogens is 152 g/mol. The van der Waals surface area contributed by atoms with Gasteiger partial charge in [-0.2, -0.15) is 5.26 Å². The van der Waals surface area contributed by atoms with Crippen molar-refractivity contribution < 1.29 is 4.79 Å². The number of amides is 1. The van der Waals surface area contributed by atoms with Gasteiger partial charge in [0.25, 0.3) is 0 Å². The van der Waals surface area contributed by atoms with E-state index < -0.39 is 0 Å². The fourth-order valence-corrected chi connectivity index (χ4v) is 0.835. The summed E-state index contributed by atoms with van der Waals surface area (Å²) in [7, 11) is 0. The van der Waals surface area contributed by atoms with E-state index in [2.05, 4.69) is 5.32 Å². The molecule has 1 rings (SSSR count). The van der Waals surface area contributed by atoms with E-state index in [0.29, 0.717) is 12.1 Å². The van der Waals surface area contributed by atoms with Gasteiger partial charge >= 0.3 is 6.41 Å². The van der Waals surface area contributed by atoms with E-state index in [1.807, 2.05) is 6.07 Å². The molecule has 0 spiro atoms. The summed E-state index contributed by atoms with van der Waals surface area (Å²) in [5.41, 5.74) is 1.58. The minimum Gasteiger partial charge on any atom is -0.344 e. The first-order valence-corrected chi connectivity index (χ1v) is 3.46. The largest absolute Gasteiger partial charge is 0.344 e. The maximum absolute atomic E-state index is 9.81. The fraction of sp³-hybridized carbons (Fsp3) is 0.111. The molecule has 0 bridgehead atoms. The molecule has 0 unspecified atom stereocenters. The van der Waals surface area contributed by atoms with Crippen molar-refractivity contribution in [1.82, 2.24) is 5.32 Å². The molecule has 0 saturated carbocycles. The summed E-state index contributed by atoms with van der Waals surface area (Å²) >= 11 is 0. The summed E-state index contributed by atoms with van der Waals surface area (Å²) in [5.74, 6) is 0. The smallest absolute Gasteiger partial charge is 0.309 e. The molecule has 0 atom stereocenters. The van der Waals surface area contributed by atoms with Crippen LogP contribution < -0.4 is 5.32 Å². The van der Waals surface area contributed by atoms with Crippen molar-refractivity contribution in [3.05, 3.63) is 35.4 Å². The molecule has 0 aliphatic rings. The SMILES string of the molecule is N#Cc1ccc(CN[C]=O)cc1. The Hall–Kier alpha value is -1.82. The summed E-state index contributed by atoms with van der Waals surface area (Å²) in [6.45, 7) is 0.454. The topological polar surface area (TPSA) is 52.9 Å². The first-order chi connectivity index (χ1) is 5.86. The Morgan fingerprint density at radius 1 is 1.33 bits per heavy atom. The molecule has 0 fully saturated rings. The van der Waals surface area contributed by atoms with Crippen molar-refractivity contribution in [2.45, 2.75) is 6.54 Å². The van der Waals surface area contributed by atoms with E-state index in [0.717, 1.165) is 5.56 Å². The summed E-state index contributed by atoms with van der Waals surface area (Å²) in [6, 6.07) is 9.02. The fourth-order valence-electron chi connectivity index (χ4n) is 0.835. The normalized spacial score (nSPS) is 8.58. The lowest BCUT2D eigenvalue weighted by Gasteiger charge is -1.97. The molecule has 3 nitrogen and oxygen atoms in total. The number of hydrogen-bond acceptors (Lipinski definition) is 2. The molecule has 0 saturated heterocycles. The Bertz CT molecular complexity index is 297. The molecule has 0 aromatic heterocycles. The molecule has 1 aromatic carbocycles. The zero-order chi connectivity index (χ0) is 8.81. The summed E-state index contributed by atoms with van der Waals surface area (Å²) in [4.78, 5) is 9.81. The monoisotopic (exact) mass is 159 g/mol. The van der Waals surface area contributed by atoms with Crippen molar-refractivity contribution in [1.29, 1.82) is 5.26 Å². The van der Waals surface area contributed by atoms with Crippen LogP contribution in [0.2, 0.25) is 0 Å². The molecule has 0 heterocycles. The highest BCUT2D eigenvalue weighted by atomic mass is 16.1. The molecule has 1 N–H and O–H groups in total. The first kappa shape index (κ1) is 8.28. The van der Waals surface area contributed by atoms with Crippen LogP contribution in [-0.2, 0) is 11.3 Å². The van der Waals surface area contributed by atoms with Gasteiger partial charge in [-0.15, -0.1) is 0 Å². The Morgan fingerprint density at radius 2 is 2.00 bits per heavy atom. The number of benzene rings is 1. The summed E-state index contributed by atoms with van der Waals surface area (Å²) in [5, 5.41) is 10.9. The highest BCUT2D eigenvalue weighted by molar-refractivity contribution is 5.47. The molecule has 59 valence electrons. The first-order valence-electron chi connectivity index (χ1n) is 3.46. The van der Waals surface area contributed by atoms with E-state index >= 15 is 0 Å². The predicted molar refractivity (Wildman–Crippen MR) is 43.7 cm³/mol. The second-order valence-electron chi connectivity index (χ2n) is 2.26. The third-order valence-corrected chi connectivity index (χ3v) is 1.45. The van der Waals surface area contributed by atoms with Gasteiger partial charge in [0.15, 0.2) is 0 Å². The van der Waals surface area contributed by atoms with Gasteiger partial charge in [0.05, 0.1) is 11.6 Å². The zero-order valence-corrected chi connectivity index (χ0v) is 6.37. The summed E-state index contributed by atoms with van der Waals surface area (Å²) in [6.07, 6.45) is 1.58. The maximum Gasteiger partial charge on any atom is 0.309 e. The van der Waals surface area contributed by atoms with Gasteiger partial charge in [-0.25, -0.2) is 0 Å². The van der Waals surface area contributed by atoms with Crippen molar-refractivity contribution >= 4 is 6.41 Å².